The molecule has 53 heavy (non-hydrogen) atoms. The van der Waals surface area contributed by atoms with Crippen molar-refractivity contribution in [1.82, 2.24) is 20.4 Å². The van der Waals surface area contributed by atoms with E-state index < -0.39 is 47.9 Å². The second kappa shape index (κ2) is 19.4. The van der Waals surface area contributed by atoms with Crippen molar-refractivity contribution >= 4 is 59.1 Å². The van der Waals surface area contributed by atoms with E-state index in [-0.39, 0.29) is 40.3 Å². The van der Waals surface area contributed by atoms with E-state index in [9.17, 15) is 28.8 Å². The lowest BCUT2D eigenvalue weighted by Gasteiger charge is -2.40. The lowest BCUT2D eigenvalue weighted by atomic mass is 9.86. The third-order valence-corrected chi connectivity index (χ3v) is 13.6. The number of rotatable bonds is 13. The molecule has 5 rings (SSSR count). The molecule has 4 aliphatic heterocycles. The smallest absolute Gasteiger partial charge is 0.328 e. The number of carbonyl (C=O) groups is 6. The van der Waals surface area contributed by atoms with Gasteiger partial charge in [-0.15, -0.1) is 23.5 Å². The highest BCUT2D eigenvalue weighted by Gasteiger charge is 2.45. The van der Waals surface area contributed by atoms with Gasteiger partial charge in [-0.1, -0.05) is 44.2 Å². The molecule has 0 aromatic heterocycles. The zero-order valence-corrected chi connectivity index (χ0v) is 33.1. The van der Waals surface area contributed by atoms with Crippen LogP contribution in [-0.4, -0.2) is 106 Å². The van der Waals surface area contributed by atoms with E-state index in [4.69, 9.17) is 9.47 Å². The van der Waals surface area contributed by atoms with Crippen molar-refractivity contribution in [3.05, 3.63) is 35.9 Å². The average molecular weight is 773 g/mol. The molecule has 4 aliphatic rings. The lowest BCUT2D eigenvalue weighted by Crippen LogP contribution is -2.58. The Morgan fingerprint density at radius 1 is 0.717 bits per heavy atom. The summed E-state index contributed by atoms with van der Waals surface area (Å²) in [5.41, 5.74) is 0.972. The first-order chi connectivity index (χ1) is 25.5. The number of benzene rings is 1. The highest BCUT2D eigenvalue weighted by molar-refractivity contribution is 8.00. The maximum atomic E-state index is 14.2. The summed E-state index contributed by atoms with van der Waals surface area (Å²) in [6.45, 7) is 4.10. The zero-order chi connectivity index (χ0) is 38.1. The predicted octanol–water partition coefficient (Wildman–Crippen LogP) is 4.29. The van der Waals surface area contributed by atoms with Gasteiger partial charge in [-0.2, -0.15) is 0 Å². The lowest BCUT2D eigenvalue weighted by molar-refractivity contribution is -0.156. The van der Waals surface area contributed by atoms with E-state index in [0.29, 0.717) is 62.9 Å². The van der Waals surface area contributed by atoms with E-state index in [1.807, 2.05) is 44.2 Å². The van der Waals surface area contributed by atoms with Gasteiger partial charge in [0.1, 0.15) is 24.2 Å². The van der Waals surface area contributed by atoms with Gasteiger partial charge in [-0.05, 0) is 100 Å². The van der Waals surface area contributed by atoms with Crippen LogP contribution in [0.2, 0.25) is 0 Å². The van der Waals surface area contributed by atoms with Gasteiger partial charge >= 0.3 is 11.9 Å². The van der Waals surface area contributed by atoms with E-state index in [0.717, 1.165) is 31.2 Å². The number of esters is 2. The minimum absolute atomic E-state index is 0.128. The number of carbonyl (C=O) groups excluding carboxylic acids is 6. The Kier molecular flexibility index (Phi) is 14.9. The number of amides is 4. The molecular weight excluding hydrogens is 717 g/mol. The molecule has 4 fully saturated rings. The molecular formula is C39H56N4O8S2. The summed E-state index contributed by atoms with van der Waals surface area (Å²) < 4.78 is 10.1. The quantitative estimate of drug-likeness (QED) is 0.278. The van der Waals surface area contributed by atoms with Crippen molar-refractivity contribution in [3.8, 4) is 0 Å². The Labute approximate surface area is 322 Å². The van der Waals surface area contributed by atoms with Crippen LogP contribution in [0.15, 0.2) is 30.3 Å². The summed E-state index contributed by atoms with van der Waals surface area (Å²) in [5, 5.41) is 5.87. The molecule has 0 spiro atoms. The summed E-state index contributed by atoms with van der Waals surface area (Å²) in [7, 11) is 2.67. The topological polar surface area (TPSA) is 151 Å². The first kappa shape index (κ1) is 40.9. The van der Waals surface area contributed by atoms with Crippen LogP contribution in [0.3, 0.4) is 0 Å². The fourth-order valence-electron chi connectivity index (χ4n) is 8.23. The number of nitrogens with one attached hydrogen (secondary N) is 2. The summed E-state index contributed by atoms with van der Waals surface area (Å²) in [6.07, 6.45) is 7.02. The standard InChI is InChI=1S/C39H56N4O8S2/c1-24(2)22-26(34(44)40-28-18-20-52-32-14-8-12-30(38(48)50-3)42(32)36(28)46)16-17-27(23-25-10-6-5-7-11-25)35(45)41-29-19-21-53-33-15-9-13-31(39(49)51-4)43(33)37(29)47/h5-7,10-11,24,26-33H,8-9,12-23H2,1-4H3,(H,40,44)(H,41,45). The van der Waals surface area contributed by atoms with Crippen molar-refractivity contribution in [1.29, 1.82) is 0 Å². The second-order valence-corrected chi connectivity index (χ2v) is 17.6. The van der Waals surface area contributed by atoms with Gasteiger partial charge in [0.2, 0.25) is 23.6 Å². The largest absolute Gasteiger partial charge is 0.467 e. The third-order valence-electron chi connectivity index (χ3n) is 11.0. The maximum absolute atomic E-state index is 14.2. The summed E-state index contributed by atoms with van der Waals surface area (Å²) in [4.78, 5) is 84.8. The van der Waals surface area contributed by atoms with E-state index in [1.54, 1.807) is 33.3 Å². The third kappa shape index (κ3) is 10.3. The molecule has 8 atom stereocenters. The summed E-state index contributed by atoms with van der Waals surface area (Å²) in [6, 6.07) is 6.85. The Balaban J connectivity index is 1.30. The van der Waals surface area contributed by atoms with Crippen molar-refractivity contribution in [3.63, 3.8) is 0 Å². The van der Waals surface area contributed by atoms with Crippen molar-refractivity contribution < 1.29 is 38.2 Å². The second-order valence-electron chi connectivity index (χ2n) is 15.1. The Hall–Kier alpha value is -3.26. The van der Waals surface area contributed by atoms with Crippen LogP contribution in [0.25, 0.3) is 0 Å². The van der Waals surface area contributed by atoms with Gasteiger partial charge in [0.15, 0.2) is 0 Å². The number of ether oxygens (including phenoxy) is 2. The molecule has 292 valence electrons. The van der Waals surface area contributed by atoms with Gasteiger partial charge < -0.3 is 29.9 Å². The molecule has 0 aliphatic carbocycles. The number of methoxy groups -OCH3 is 2. The van der Waals surface area contributed by atoms with E-state index in [2.05, 4.69) is 10.6 Å². The van der Waals surface area contributed by atoms with Crippen LogP contribution in [0.4, 0.5) is 0 Å². The molecule has 12 nitrogen and oxygen atoms in total. The highest BCUT2D eigenvalue weighted by atomic mass is 32.2. The number of fused-ring (bicyclic) bond motifs is 2. The van der Waals surface area contributed by atoms with Crippen LogP contribution < -0.4 is 10.6 Å². The number of nitrogens with zero attached hydrogens (tertiary/aromatic N) is 2. The van der Waals surface area contributed by atoms with Crippen molar-refractivity contribution in [2.75, 3.05) is 25.7 Å². The first-order valence-corrected chi connectivity index (χ1v) is 21.3. The van der Waals surface area contributed by atoms with Gasteiger partial charge in [0.05, 0.1) is 25.0 Å². The van der Waals surface area contributed by atoms with Gasteiger partial charge in [-0.3, -0.25) is 19.2 Å². The minimum Gasteiger partial charge on any atom is -0.467 e. The Morgan fingerprint density at radius 3 is 1.66 bits per heavy atom. The molecule has 4 heterocycles. The molecule has 1 aromatic carbocycles. The highest BCUT2D eigenvalue weighted by Crippen LogP contribution is 2.36. The molecule has 0 bridgehead atoms. The number of hydrogen-bond donors (Lipinski definition) is 2. The van der Waals surface area contributed by atoms with Gasteiger partial charge in [0, 0.05) is 11.8 Å². The van der Waals surface area contributed by atoms with E-state index in [1.165, 1.54) is 14.2 Å². The maximum Gasteiger partial charge on any atom is 0.328 e. The van der Waals surface area contributed by atoms with Crippen molar-refractivity contribution in [2.45, 2.75) is 126 Å². The van der Waals surface area contributed by atoms with Crippen LogP contribution in [0.1, 0.15) is 90.0 Å². The zero-order valence-electron chi connectivity index (χ0n) is 31.5. The van der Waals surface area contributed by atoms with Crippen LogP contribution in [0.5, 0.6) is 0 Å². The molecule has 8 unspecified atom stereocenters. The summed E-state index contributed by atoms with van der Waals surface area (Å²) >= 11 is 3.29. The SMILES string of the molecule is COC(=O)C1CCCC2SCCC(NC(=O)C(CCC(CC(C)C)C(=O)NC3CCSC4CCCC(C(=O)OC)N4C3=O)Cc3ccccc3)C(=O)N21. The first-order valence-electron chi connectivity index (χ1n) is 19.2. The molecule has 14 heteroatoms. The molecule has 0 saturated carbocycles. The van der Waals surface area contributed by atoms with Crippen LogP contribution >= 0.6 is 23.5 Å². The van der Waals surface area contributed by atoms with Gasteiger partial charge in [-0.25, -0.2) is 9.59 Å². The molecule has 0 radical (unpaired) electrons. The number of hydrogen-bond acceptors (Lipinski definition) is 10. The molecule has 4 saturated heterocycles. The molecule has 2 N–H and O–H groups in total. The van der Waals surface area contributed by atoms with Crippen LogP contribution in [-0.2, 0) is 44.7 Å². The fourth-order valence-corrected chi connectivity index (χ4v) is 11.0. The predicted molar refractivity (Wildman–Crippen MR) is 204 cm³/mol. The number of piperidine rings is 2. The summed E-state index contributed by atoms with van der Waals surface area (Å²) in [5.74, 6) is -1.30. The minimum atomic E-state index is -0.773. The number of thioether (sulfide) groups is 2. The monoisotopic (exact) mass is 772 g/mol. The molecule has 1 aromatic rings. The fraction of sp³-hybridized carbons (Fsp3) is 0.692. The molecule has 4 amide bonds. The van der Waals surface area contributed by atoms with E-state index >= 15 is 0 Å². The average Bonchev–Trinajstić information content (AvgIpc) is 3.42. The van der Waals surface area contributed by atoms with Gasteiger partial charge in [0.25, 0.3) is 0 Å². The van der Waals surface area contributed by atoms with Crippen LogP contribution in [0, 0.1) is 17.8 Å². The normalized spacial score (nSPS) is 27.3. The Bertz CT molecular complexity index is 1460. The van der Waals surface area contributed by atoms with Crippen molar-refractivity contribution in [2.24, 2.45) is 17.8 Å². The Morgan fingerprint density at radius 2 is 1.19 bits per heavy atom.